The molecule has 0 fully saturated rings. The van der Waals surface area contributed by atoms with Crippen molar-refractivity contribution < 1.29 is 24.5 Å². The zero-order chi connectivity index (χ0) is 17.9. The number of aromatic hydroxyl groups is 1. The largest absolute Gasteiger partial charge is 0.505 e. The molecular weight excluding hydrogens is 310 g/mol. The zero-order valence-electron chi connectivity index (χ0n) is 13.5. The molecule has 0 aliphatic heterocycles. The maximum Gasteiger partial charge on any atom is 0.338 e. The molecule has 2 aromatic rings. The van der Waals surface area contributed by atoms with Crippen molar-refractivity contribution in [2.75, 3.05) is 7.11 Å². The number of rotatable bonds is 5. The van der Waals surface area contributed by atoms with E-state index in [-0.39, 0.29) is 22.5 Å². The predicted molar refractivity (Wildman–Crippen MR) is 89.5 cm³/mol. The molecule has 24 heavy (non-hydrogen) atoms. The summed E-state index contributed by atoms with van der Waals surface area (Å²) >= 11 is 0. The summed E-state index contributed by atoms with van der Waals surface area (Å²) in [4.78, 5) is 27.5. The van der Waals surface area contributed by atoms with E-state index in [1.165, 1.54) is 27.0 Å². The number of carbonyl (C=O) groups excluding carboxylic acids is 1. The minimum absolute atomic E-state index is 0.0916. The molecule has 2 N–H and O–H groups in total. The number of aromatic nitrogens is 1. The van der Waals surface area contributed by atoms with Crippen LogP contribution in [0.4, 0.5) is 0 Å². The summed E-state index contributed by atoms with van der Waals surface area (Å²) in [7, 11) is 1.53. The minimum atomic E-state index is -1.33. The SMILES string of the molecule is COc1ccccc1C=Cc1nc(C)c(O)c(C(C)=O)c1C(=O)O. The van der Waals surface area contributed by atoms with Crippen molar-refractivity contribution >= 4 is 23.9 Å². The number of pyridine rings is 1. The topological polar surface area (TPSA) is 96.7 Å². The van der Waals surface area contributed by atoms with Gasteiger partial charge in [-0.2, -0.15) is 0 Å². The average Bonchev–Trinajstić information content (AvgIpc) is 2.54. The number of carbonyl (C=O) groups is 2. The molecule has 0 aliphatic rings. The van der Waals surface area contributed by atoms with Gasteiger partial charge in [0.25, 0.3) is 0 Å². The summed E-state index contributed by atoms with van der Waals surface area (Å²) in [6, 6.07) is 7.20. The van der Waals surface area contributed by atoms with Crippen LogP contribution in [0.15, 0.2) is 24.3 Å². The Morgan fingerprint density at radius 2 is 1.83 bits per heavy atom. The first-order valence-corrected chi connectivity index (χ1v) is 7.15. The van der Waals surface area contributed by atoms with E-state index in [0.29, 0.717) is 5.75 Å². The fourth-order valence-corrected chi connectivity index (χ4v) is 2.37. The molecule has 0 atom stereocenters. The van der Waals surface area contributed by atoms with Crippen LogP contribution >= 0.6 is 0 Å². The first-order valence-electron chi connectivity index (χ1n) is 7.15. The maximum atomic E-state index is 11.8. The van der Waals surface area contributed by atoms with Crippen LogP contribution in [0.3, 0.4) is 0 Å². The van der Waals surface area contributed by atoms with Crippen LogP contribution in [-0.4, -0.2) is 34.1 Å². The van der Waals surface area contributed by atoms with E-state index in [1.54, 1.807) is 18.2 Å². The first kappa shape index (κ1) is 17.2. The third-order valence-corrected chi connectivity index (χ3v) is 3.50. The average molecular weight is 327 g/mol. The molecule has 0 saturated heterocycles. The van der Waals surface area contributed by atoms with E-state index in [9.17, 15) is 19.8 Å². The van der Waals surface area contributed by atoms with E-state index in [2.05, 4.69) is 4.98 Å². The molecule has 1 aromatic carbocycles. The lowest BCUT2D eigenvalue weighted by Crippen LogP contribution is -2.12. The fraction of sp³-hybridized carbons (Fsp3) is 0.167. The van der Waals surface area contributed by atoms with Crippen molar-refractivity contribution in [2.24, 2.45) is 0 Å². The zero-order valence-corrected chi connectivity index (χ0v) is 13.5. The standard InChI is InChI=1S/C18H17NO5/c1-10-17(21)15(11(2)20)16(18(22)23)13(19-10)9-8-12-6-4-5-7-14(12)24-3/h4-9,21H,1-3H3,(H,22,23). The summed E-state index contributed by atoms with van der Waals surface area (Å²) in [5.41, 5.74) is 0.443. The van der Waals surface area contributed by atoms with Gasteiger partial charge in [0, 0.05) is 5.56 Å². The number of aryl methyl sites for hydroxylation is 1. The second kappa shape index (κ2) is 6.95. The highest BCUT2D eigenvalue weighted by Gasteiger charge is 2.24. The Kier molecular flexibility index (Phi) is 4.99. The molecular formula is C18H17NO5. The van der Waals surface area contributed by atoms with E-state index in [0.717, 1.165) is 5.56 Å². The molecule has 1 heterocycles. The van der Waals surface area contributed by atoms with Gasteiger partial charge in [-0.25, -0.2) is 9.78 Å². The van der Waals surface area contributed by atoms with Gasteiger partial charge in [0.15, 0.2) is 5.78 Å². The van der Waals surface area contributed by atoms with Gasteiger partial charge in [0.05, 0.1) is 29.6 Å². The number of aromatic carboxylic acids is 1. The van der Waals surface area contributed by atoms with E-state index < -0.39 is 17.5 Å². The van der Waals surface area contributed by atoms with Crippen molar-refractivity contribution in [3.8, 4) is 11.5 Å². The van der Waals surface area contributed by atoms with Gasteiger partial charge in [0.2, 0.25) is 0 Å². The number of nitrogens with zero attached hydrogens (tertiary/aromatic N) is 1. The van der Waals surface area contributed by atoms with Crippen molar-refractivity contribution in [1.82, 2.24) is 4.98 Å². The van der Waals surface area contributed by atoms with E-state index >= 15 is 0 Å². The van der Waals surface area contributed by atoms with Crippen LogP contribution < -0.4 is 4.74 Å². The summed E-state index contributed by atoms with van der Waals surface area (Å²) in [6.07, 6.45) is 3.13. The van der Waals surface area contributed by atoms with Crippen molar-refractivity contribution in [1.29, 1.82) is 0 Å². The lowest BCUT2D eigenvalue weighted by Gasteiger charge is -2.11. The number of carboxylic acid groups (broad SMARTS) is 1. The smallest absolute Gasteiger partial charge is 0.338 e. The van der Waals surface area contributed by atoms with Crippen LogP contribution in [0.1, 0.15) is 44.6 Å². The predicted octanol–water partition coefficient (Wildman–Crippen LogP) is 3.18. The first-order chi connectivity index (χ1) is 11.4. The molecule has 0 saturated carbocycles. The van der Waals surface area contributed by atoms with Crippen LogP contribution in [0.2, 0.25) is 0 Å². The molecule has 124 valence electrons. The van der Waals surface area contributed by atoms with Gasteiger partial charge in [-0.05, 0) is 32.1 Å². The summed E-state index contributed by atoms with van der Waals surface area (Å²) in [6.45, 7) is 2.71. The maximum absolute atomic E-state index is 11.8. The lowest BCUT2D eigenvalue weighted by atomic mass is 9.99. The van der Waals surface area contributed by atoms with Gasteiger partial charge in [-0.1, -0.05) is 18.2 Å². The van der Waals surface area contributed by atoms with Gasteiger partial charge in [-0.3, -0.25) is 4.79 Å². The number of para-hydroxylation sites is 1. The molecule has 6 heteroatoms. The normalized spacial score (nSPS) is 10.8. The molecule has 0 radical (unpaired) electrons. The molecule has 1 aromatic heterocycles. The van der Waals surface area contributed by atoms with Gasteiger partial charge < -0.3 is 14.9 Å². The van der Waals surface area contributed by atoms with Gasteiger partial charge >= 0.3 is 5.97 Å². The second-order valence-electron chi connectivity index (χ2n) is 5.12. The Balaban J connectivity index is 2.64. The number of Topliss-reactive ketones (excluding diaryl/α,β-unsaturated/α-hetero) is 1. The Morgan fingerprint density at radius 3 is 2.42 bits per heavy atom. The Bertz CT molecular complexity index is 840. The van der Waals surface area contributed by atoms with Crippen LogP contribution in [0.25, 0.3) is 12.2 Å². The molecule has 0 amide bonds. The summed E-state index contributed by atoms with van der Waals surface area (Å²) in [5.74, 6) is -1.66. The molecule has 0 spiro atoms. The van der Waals surface area contributed by atoms with Crippen LogP contribution in [0.5, 0.6) is 11.5 Å². The monoisotopic (exact) mass is 327 g/mol. The van der Waals surface area contributed by atoms with E-state index in [4.69, 9.17) is 4.74 Å². The van der Waals surface area contributed by atoms with Crippen molar-refractivity contribution in [2.45, 2.75) is 13.8 Å². The third kappa shape index (κ3) is 3.27. The summed E-state index contributed by atoms with van der Waals surface area (Å²) in [5, 5.41) is 19.4. The van der Waals surface area contributed by atoms with Gasteiger partial charge in [-0.15, -0.1) is 0 Å². The molecule has 0 aliphatic carbocycles. The van der Waals surface area contributed by atoms with Crippen molar-refractivity contribution in [3.63, 3.8) is 0 Å². The highest BCUT2D eigenvalue weighted by Crippen LogP contribution is 2.29. The van der Waals surface area contributed by atoms with Crippen molar-refractivity contribution in [3.05, 3.63) is 52.3 Å². The third-order valence-electron chi connectivity index (χ3n) is 3.50. The Labute approximate surface area is 139 Å². The Morgan fingerprint density at radius 1 is 1.17 bits per heavy atom. The number of hydrogen-bond acceptors (Lipinski definition) is 5. The van der Waals surface area contributed by atoms with Crippen LogP contribution in [0, 0.1) is 6.92 Å². The highest BCUT2D eigenvalue weighted by atomic mass is 16.5. The number of ether oxygens (including phenoxy) is 1. The Hall–Kier alpha value is -3.15. The number of methoxy groups -OCH3 is 1. The number of hydrogen-bond donors (Lipinski definition) is 2. The number of benzene rings is 1. The highest BCUT2D eigenvalue weighted by molar-refractivity contribution is 6.08. The fourth-order valence-electron chi connectivity index (χ4n) is 2.37. The molecule has 2 rings (SSSR count). The second-order valence-corrected chi connectivity index (χ2v) is 5.12. The molecule has 6 nitrogen and oxygen atoms in total. The number of ketones is 1. The van der Waals surface area contributed by atoms with E-state index in [1.807, 2.05) is 12.1 Å². The molecule has 0 unspecified atom stereocenters. The van der Waals surface area contributed by atoms with Crippen LogP contribution in [-0.2, 0) is 0 Å². The number of carboxylic acids is 1. The van der Waals surface area contributed by atoms with Gasteiger partial charge in [0.1, 0.15) is 11.5 Å². The lowest BCUT2D eigenvalue weighted by molar-refractivity contribution is 0.0690. The minimum Gasteiger partial charge on any atom is -0.505 e. The summed E-state index contributed by atoms with van der Waals surface area (Å²) < 4.78 is 5.23. The quantitative estimate of drug-likeness (QED) is 0.819. The molecule has 0 bridgehead atoms.